The Morgan fingerprint density at radius 2 is 1.91 bits per heavy atom. The Labute approximate surface area is 199 Å². The number of hydrogen-bond donors (Lipinski definition) is 2. The summed E-state index contributed by atoms with van der Waals surface area (Å²) in [4.78, 5) is 21.7. The van der Waals surface area contributed by atoms with Crippen LogP contribution >= 0.6 is 0 Å². The average Bonchev–Trinajstić information content (AvgIpc) is 2.71. The number of β-amino-alcohol motifs (C(OH)–C–C–N with tert-alkyl or cyclic N) is 1. The lowest BCUT2D eigenvalue weighted by atomic mass is 9.69. The van der Waals surface area contributed by atoms with E-state index in [9.17, 15) is 18.7 Å². The number of pyridine rings is 1. The molecule has 1 aromatic carbocycles. The summed E-state index contributed by atoms with van der Waals surface area (Å²) >= 11 is 0. The van der Waals surface area contributed by atoms with Crippen molar-refractivity contribution in [3.63, 3.8) is 0 Å². The number of hydrogen-bond acceptors (Lipinski definition) is 6. The lowest BCUT2D eigenvalue weighted by molar-refractivity contribution is -0.129. The Balaban J connectivity index is 1.91. The van der Waals surface area contributed by atoms with Gasteiger partial charge in [-0.15, -0.1) is 0 Å². The van der Waals surface area contributed by atoms with Gasteiger partial charge in [-0.25, -0.2) is 4.98 Å². The maximum atomic E-state index is 13.7. The monoisotopic (exact) mass is 476 g/mol. The van der Waals surface area contributed by atoms with Crippen LogP contribution in [0.4, 0.5) is 14.5 Å². The number of aliphatic hydroxyl groups is 1. The van der Waals surface area contributed by atoms with Crippen molar-refractivity contribution in [2.45, 2.75) is 44.8 Å². The first-order valence-corrected chi connectivity index (χ1v) is 11.4. The van der Waals surface area contributed by atoms with Crippen molar-refractivity contribution in [2.24, 2.45) is 0 Å². The summed E-state index contributed by atoms with van der Waals surface area (Å²) < 4.78 is 30.4. The van der Waals surface area contributed by atoms with Gasteiger partial charge in [0.2, 0.25) is 11.8 Å². The third-order valence-corrected chi connectivity index (χ3v) is 6.01. The first-order chi connectivity index (χ1) is 16.0. The number of aliphatic hydroxyl groups excluding tert-OH is 1. The number of halogens is 2. The predicted molar refractivity (Wildman–Crippen MR) is 127 cm³/mol. The van der Waals surface area contributed by atoms with Gasteiger partial charge < -0.3 is 20.1 Å². The van der Waals surface area contributed by atoms with Crippen molar-refractivity contribution in [3.05, 3.63) is 53.2 Å². The molecule has 3 rings (SSSR count). The number of aryl methyl sites for hydroxylation is 1. The molecular formula is C25H34F2N4O3. The molecule has 2 N–H and O–H groups in total. The lowest BCUT2D eigenvalue weighted by Crippen LogP contribution is -2.66. The van der Waals surface area contributed by atoms with Gasteiger partial charge >= 0.3 is 6.61 Å². The summed E-state index contributed by atoms with van der Waals surface area (Å²) in [6, 6.07) is 11.0. The molecule has 0 aliphatic carbocycles. The molecule has 0 spiro atoms. The van der Waals surface area contributed by atoms with Gasteiger partial charge in [-0.2, -0.15) is 8.78 Å². The van der Waals surface area contributed by atoms with Crippen LogP contribution in [0.1, 0.15) is 36.6 Å². The van der Waals surface area contributed by atoms with Gasteiger partial charge in [-0.3, -0.25) is 9.69 Å². The Morgan fingerprint density at radius 1 is 1.24 bits per heavy atom. The second kappa shape index (κ2) is 10.8. The minimum Gasteiger partial charge on any atom is -0.415 e. The third-order valence-electron chi connectivity index (χ3n) is 6.01. The fourth-order valence-electron chi connectivity index (χ4n) is 4.54. The van der Waals surface area contributed by atoms with E-state index in [-0.39, 0.29) is 23.4 Å². The molecule has 1 aliphatic rings. The highest BCUT2D eigenvalue weighted by Gasteiger charge is 2.52. The van der Waals surface area contributed by atoms with E-state index >= 15 is 0 Å². The third kappa shape index (κ3) is 5.89. The number of likely N-dealkylation sites (N-methyl/N-ethyl adjacent to an activating group) is 1. The fraction of sp³-hybridized carbons (Fsp3) is 0.520. The van der Waals surface area contributed by atoms with Crippen molar-refractivity contribution in [1.82, 2.24) is 14.8 Å². The summed E-state index contributed by atoms with van der Waals surface area (Å²) in [6.07, 6.45) is -0.552. The maximum absolute atomic E-state index is 13.7. The topological polar surface area (TPSA) is 77.9 Å². The number of ether oxygens (including phenoxy) is 1. The first kappa shape index (κ1) is 26.0. The molecule has 0 saturated carbocycles. The Hall–Kier alpha value is -2.62. The second-order valence-electron chi connectivity index (χ2n) is 9.55. The number of alkyl halides is 2. The molecule has 2 heterocycles. The number of aromatic nitrogens is 1. The van der Waals surface area contributed by atoms with Gasteiger partial charge in [0.15, 0.2) is 0 Å². The number of anilines is 1. The highest BCUT2D eigenvalue weighted by atomic mass is 19.3. The van der Waals surface area contributed by atoms with Crippen LogP contribution in [0.2, 0.25) is 0 Å². The average molecular weight is 477 g/mol. The predicted octanol–water partition coefficient (Wildman–Crippen LogP) is 3.23. The van der Waals surface area contributed by atoms with E-state index in [1.165, 1.54) is 6.07 Å². The second-order valence-corrected chi connectivity index (χ2v) is 9.55. The zero-order chi connectivity index (χ0) is 25.0. The molecule has 34 heavy (non-hydrogen) atoms. The Bertz CT molecular complexity index is 994. The van der Waals surface area contributed by atoms with E-state index in [0.29, 0.717) is 31.9 Å². The van der Waals surface area contributed by atoms with Crippen molar-refractivity contribution in [3.8, 4) is 5.88 Å². The maximum Gasteiger partial charge on any atom is 0.388 e. The highest BCUT2D eigenvalue weighted by Crippen LogP contribution is 2.40. The standard InChI is InChI=1S/C25H34F2N4O3/c1-16(2)19-8-6-7-9-20(19)25(14-31(15-25)13-18(32)12-30(4)5)23(33)29-21-11-10-17(3)28-22(21)34-24(26)27/h6-11,16,18,24,32H,12-15H2,1-5H3,(H,29,33)/t18-/m0/s1. The van der Waals surface area contributed by atoms with E-state index in [1.54, 1.807) is 13.0 Å². The summed E-state index contributed by atoms with van der Waals surface area (Å²) in [7, 11) is 3.79. The van der Waals surface area contributed by atoms with Gasteiger partial charge in [0, 0.05) is 31.9 Å². The molecule has 9 heteroatoms. The van der Waals surface area contributed by atoms with E-state index < -0.39 is 18.1 Å². The van der Waals surface area contributed by atoms with Gasteiger partial charge in [0.1, 0.15) is 5.69 Å². The summed E-state index contributed by atoms with van der Waals surface area (Å²) in [5.74, 6) is -0.440. The van der Waals surface area contributed by atoms with Crippen LogP contribution in [0.5, 0.6) is 5.88 Å². The molecular weight excluding hydrogens is 442 g/mol. The smallest absolute Gasteiger partial charge is 0.388 e. The van der Waals surface area contributed by atoms with Crippen LogP contribution in [0, 0.1) is 6.92 Å². The molecule has 1 aliphatic heterocycles. The van der Waals surface area contributed by atoms with Crippen LogP contribution in [0.3, 0.4) is 0 Å². The SMILES string of the molecule is Cc1ccc(NC(=O)C2(c3ccccc3C(C)C)CN(C[C@@H](O)CN(C)C)C2)c(OC(F)F)n1. The van der Waals surface area contributed by atoms with Crippen LogP contribution in [0.25, 0.3) is 0 Å². The molecule has 1 fully saturated rings. The van der Waals surface area contributed by atoms with E-state index in [4.69, 9.17) is 0 Å². The normalized spacial score (nSPS) is 16.6. The Morgan fingerprint density at radius 3 is 2.53 bits per heavy atom. The quantitative estimate of drug-likeness (QED) is 0.548. The molecule has 1 atom stereocenters. The Kier molecular flexibility index (Phi) is 8.22. The minimum atomic E-state index is -3.06. The lowest BCUT2D eigenvalue weighted by Gasteiger charge is -2.50. The molecule has 2 aromatic rings. The first-order valence-electron chi connectivity index (χ1n) is 11.4. The van der Waals surface area contributed by atoms with Crippen LogP contribution in [-0.4, -0.2) is 78.8 Å². The van der Waals surface area contributed by atoms with Gasteiger partial charge in [-0.05, 0) is 50.2 Å². The molecule has 0 unspecified atom stereocenters. The number of benzene rings is 1. The van der Waals surface area contributed by atoms with Crippen LogP contribution in [0.15, 0.2) is 36.4 Å². The van der Waals surface area contributed by atoms with Gasteiger partial charge in [0.25, 0.3) is 0 Å². The van der Waals surface area contributed by atoms with E-state index in [1.807, 2.05) is 48.2 Å². The van der Waals surface area contributed by atoms with Gasteiger partial charge in [0.05, 0.1) is 11.5 Å². The van der Waals surface area contributed by atoms with Gasteiger partial charge in [-0.1, -0.05) is 38.1 Å². The molecule has 0 bridgehead atoms. The van der Waals surface area contributed by atoms with Crippen LogP contribution < -0.4 is 10.1 Å². The van der Waals surface area contributed by atoms with E-state index in [0.717, 1.165) is 11.1 Å². The molecule has 1 aromatic heterocycles. The highest BCUT2D eigenvalue weighted by molar-refractivity contribution is 6.01. The number of carbonyl (C=O) groups excluding carboxylic acids is 1. The van der Waals surface area contributed by atoms with Crippen molar-refractivity contribution < 1.29 is 23.4 Å². The zero-order valence-electron chi connectivity index (χ0n) is 20.4. The number of nitrogens with one attached hydrogen (secondary N) is 1. The summed E-state index contributed by atoms with van der Waals surface area (Å²) in [6.45, 7) is 4.49. The molecule has 1 amide bonds. The summed E-state index contributed by atoms with van der Waals surface area (Å²) in [5.41, 5.74) is 1.65. The van der Waals surface area contributed by atoms with E-state index in [2.05, 4.69) is 28.9 Å². The van der Waals surface area contributed by atoms with Crippen molar-refractivity contribution in [2.75, 3.05) is 45.6 Å². The number of rotatable bonds is 10. The number of carbonyl (C=O) groups is 1. The van der Waals surface area contributed by atoms with Crippen molar-refractivity contribution in [1.29, 1.82) is 0 Å². The molecule has 1 saturated heterocycles. The van der Waals surface area contributed by atoms with Crippen molar-refractivity contribution >= 4 is 11.6 Å². The molecule has 7 nitrogen and oxygen atoms in total. The largest absolute Gasteiger partial charge is 0.415 e. The molecule has 0 radical (unpaired) electrons. The minimum absolute atomic E-state index is 0.100. The molecule has 186 valence electrons. The number of likely N-dealkylation sites (tertiary alicyclic amines) is 1. The zero-order valence-corrected chi connectivity index (χ0v) is 20.4. The fourth-order valence-corrected chi connectivity index (χ4v) is 4.54. The van der Waals surface area contributed by atoms with Crippen LogP contribution in [-0.2, 0) is 10.2 Å². The number of amides is 1. The number of nitrogens with zero attached hydrogens (tertiary/aromatic N) is 3. The summed E-state index contributed by atoms with van der Waals surface area (Å²) in [5, 5.41) is 13.2.